The summed E-state index contributed by atoms with van der Waals surface area (Å²) in [5, 5.41) is 0. The molecule has 0 aromatic heterocycles. The molecule has 2 aromatic rings. The second kappa shape index (κ2) is 4.79. The van der Waals surface area contributed by atoms with Crippen LogP contribution in [0.5, 0.6) is 5.75 Å². The molecule has 0 N–H and O–H groups in total. The zero-order valence-corrected chi connectivity index (χ0v) is 9.11. The lowest BCUT2D eigenvalue weighted by molar-refractivity contribution is 0.410. The first-order chi connectivity index (χ1) is 7.79. The van der Waals surface area contributed by atoms with Gasteiger partial charge >= 0.3 is 0 Å². The van der Waals surface area contributed by atoms with Crippen LogP contribution in [0.25, 0.3) is 0 Å². The van der Waals surface area contributed by atoms with Gasteiger partial charge in [-0.2, -0.15) is 0 Å². The molecule has 0 radical (unpaired) electrons. The van der Waals surface area contributed by atoms with E-state index in [1.54, 1.807) is 19.2 Å². The molecule has 0 fully saturated rings. The van der Waals surface area contributed by atoms with E-state index in [-0.39, 0.29) is 5.82 Å². The Labute approximate surface area is 94.5 Å². The van der Waals surface area contributed by atoms with Gasteiger partial charge in [-0.25, -0.2) is 4.39 Å². The van der Waals surface area contributed by atoms with Crippen LogP contribution in [-0.2, 0) is 6.42 Å². The van der Waals surface area contributed by atoms with Crippen LogP contribution in [0.15, 0.2) is 48.5 Å². The fourth-order valence-electron chi connectivity index (χ4n) is 1.67. The molecule has 2 rings (SSSR count). The molecule has 0 spiro atoms. The Morgan fingerprint density at radius 1 is 1.00 bits per heavy atom. The summed E-state index contributed by atoms with van der Waals surface area (Å²) >= 11 is 0. The highest BCUT2D eigenvalue weighted by Crippen LogP contribution is 2.20. The molecule has 0 aliphatic heterocycles. The lowest BCUT2D eigenvalue weighted by atomic mass is 10.0. The Kier molecular flexibility index (Phi) is 3.20. The van der Waals surface area contributed by atoms with Gasteiger partial charge in [-0.1, -0.05) is 30.3 Å². The zero-order valence-electron chi connectivity index (χ0n) is 9.11. The molecule has 0 heterocycles. The smallest absolute Gasteiger partial charge is 0.123 e. The van der Waals surface area contributed by atoms with Crippen LogP contribution in [-0.4, -0.2) is 7.11 Å². The van der Waals surface area contributed by atoms with Crippen LogP contribution in [0.2, 0.25) is 0 Å². The molecular formula is C14H13FO. The largest absolute Gasteiger partial charge is 0.496 e. The predicted octanol–water partition coefficient (Wildman–Crippen LogP) is 3.43. The number of halogens is 1. The number of ether oxygens (including phenoxy) is 1. The summed E-state index contributed by atoms with van der Waals surface area (Å²) < 4.78 is 18.0. The molecule has 0 unspecified atom stereocenters. The third-order valence-corrected chi connectivity index (χ3v) is 2.50. The minimum absolute atomic E-state index is 0.205. The quantitative estimate of drug-likeness (QED) is 0.763. The highest BCUT2D eigenvalue weighted by atomic mass is 19.1. The van der Waals surface area contributed by atoms with E-state index >= 15 is 0 Å². The van der Waals surface area contributed by atoms with Crippen molar-refractivity contribution in [3.63, 3.8) is 0 Å². The number of hydrogen-bond donors (Lipinski definition) is 0. The first-order valence-corrected chi connectivity index (χ1v) is 5.16. The van der Waals surface area contributed by atoms with Gasteiger partial charge in [0.25, 0.3) is 0 Å². The van der Waals surface area contributed by atoms with Crippen LogP contribution in [0.1, 0.15) is 11.1 Å². The van der Waals surface area contributed by atoms with Crippen molar-refractivity contribution in [1.29, 1.82) is 0 Å². The van der Waals surface area contributed by atoms with Crippen molar-refractivity contribution in [2.45, 2.75) is 6.42 Å². The number of hydrogen-bond acceptors (Lipinski definition) is 1. The van der Waals surface area contributed by atoms with Crippen molar-refractivity contribution in [2.75, 3.05) is 7.11 Å². The van der Waals surface area contributed by atoms with Crippen LogP contribution in [0.4, 0.5) is 4.39 Å². The lowest BCUT2D eigenvalue weighted by Gasteiger charge is -2.07. The van der Waals surface area contributed by atoms with Crippen LogP contribution < -0.4 is 4.74 Å². The van der Waals surface area contributed by atoms with E-state index in [1.165, 1.54) is 12.1 Å². The Morgan fingerprint density at radius 2 is 1.69 bits per heavy atom. The summed E-state index contributed by atoms with van der Waals surface area (Å²) in [5.41, 5.74) is 2.18. The van der Waals surface area contributed by atoms with Gasteiger partial charge in [0.05, 0.1) is 7.11 Å². The second-order valence-electron chi connectivity index (χ2n) is 3.62. The van der Waals surface area contributed by atoms with E-state index < -0.39 is 0 Å². The summed E-state index contributed by atoms with van der Waals surface area (Å²) in [6.45, 7) is 0. The summed E-state index contributed by atoms with van der Waals surface area (Å²) in [5.74, 6) is 0.663. The molecule has 0 aliphatic rings. The Morgan fingerprint density at radius 3 is 2.38 bits per heavy atom. The topological polar surface area (TPSA) is 9.23 Å². The van der Waals surface area contributed by atoms with Crippen molar-refractivity contribution >= 4 is 0 Å². The first-order valence-electron chi connectivity index (χ1n) is 5.16. The maximum Gasteiger partial charge on any atom is 0.123 e. The third kappa shape index (κ3) is 2.40. The molecular weight excluding hydrogens is 203 g/mol. The molecule has 0 atom stereocenters. The van der Waals surface area contributed by atoms with E-state index in [4.69, 9.17) is 4.74 Å². The molecule has 0 aliphatic carbocycles. The normalized spacial score (nSPS) is 10.1. The molecule has 1 nitrogen and oxygen atoms in total. The van der Waals surface area contributed by atoms with E-state index in [9.17, 15) is 4.39 Å². The predicted molar refractivity (Wildman–Crippen MR) is 62.2 cm³/mol. The van der Waals surface area contributed by atoms with Gasteiger partial charge in [-0.3, -0.25) is 0 Å². The maximum absolute atomic E-state index is 12.7. The summed E-state index contributed by atoms with van der Waals surface area (Å²) in [4.78, 5) is 0. The van der Waals surface area contributed by atoms with Gasteiger partial charge in [0.1, 0.15) is 11.6 Å². The molecule has 82 valence electrons. The van der Waals surface area contributed by atoms with E-state index in [1.807, 2.05) is 24.3 Å². The van der Waals surface area contributed by atoms with Crippen LogP contribution >= 0.6 is 0 Å². The average molecular weight is 216 g/mol. The van der Waals surface area contributed by atoms with Gasteiger partial charge in [0.2, 0.25) is 0 Å². The summed E-state index contributed by atoms with van der Waals surface area (Å²) in [6, 6.07) is 14.4. The Hall–Kier alpha value is -1.83. The van der Waals surface area contributed by atoms with Crippen molar-refractivity contribution in [1.82, 2.24) is 0 Å². The number of para-hydroxylation sites is 1. The number of methoxy groups -OCH3 is 1. The van der Waals surface area contributed by atoms with Crippen LogP contribution in [0.3, 0.4) is 0 Å². The number of rotatable bonds is 3. The van der Waals surface area contributed by atoms with Gasteiger partial charge in [0, 0.05) is 6.42 Å². The first kappa shape index (κ1) is 10.7. The number of benzene rings is 2. The molecule has 0 saturated carbocycles. The van der Waals surface area contributed by atoms with Crippen LogP contribution in [0, 0.1) is 5.82 Å². The summed E-state index contributed by atoms with van der Waals surface area (Å²) in [7, 11) is 1.66. The molecule has 16 heavy (non-hydrogen) atoms. The van der Waals surface area contributed by atoms with E-state index in [2.05, 4.69) is 0 Å². The Bertz CT molecular complexity index is 462. The maximum atomic E-state index is 12.7. The van der Waals surface area contributed by atoms with Crippen molar-refractivity contribution in [2.24, 2.45) is 0 Å². The fraction of sp³-hybridized carbons (Fsp3) is 0.143. The van der Waals surface area contributed by atoms with Crippen molar-refractivity contribution in [3.05, 3.63) is 65.5 Å². The average Bonchev–Trinajstić information content (AvgIpc) is 2.33. The highest BCUT2D eigenvalue weighted by molar-refractivity contribution is 5.37. The SMILES string of the molecule is COc1ccccc1Cc1ccc(F)cc1. The van der Waals surface area contributed by atoms with Gasteiger partial charge < -0.3 is 4.74 Å². The molecule has 2 heteroatoms. The molecule has 0 amide bonds. The molecule has 2 aromatic carbocycles. The van der Waals surface area contributed by atoms with E-state index in [0.29, 0.717) is 0 Å². The van der Waals surface area contributed by atoms with Crippen molar-refractivity contribution < 1.29 is 9.13 Å². The monoisotopic (exact) mass is 216 g/mol. The Balaban J connectivity index is 2.23. The minimum Gasteiger partial charge on any atom is -0.496 e. The molecule has 0 bridgehead atoms. The molecule has 0 saturated heterocycles. The third-order valence-electron chi connectivity index (χ3n) is 2.50. The fourth-order valence-corrected chi connectivity index (χ4v) is 1.67. The lowest BCUT2D eigenvalue weighted by Crippen LogP contribution is -1.93. The standard InChI is InChI=1S/C14H13FO/c1-16-14-5-3-2-4-12(14)10-11-6-8-13(15)9-7-11/h2-9H,10H2,1H3. The van der Waals surface area contributed by atoms with Gasteiger partial charge in [-0.05, 0) is 29.3 Å². The van der Waals surface area contributed by atoms with Crippen molar-refractivity contribution in [3.8, 4) is 5.75 Å². The second-order valence-corrected chi connectivity index (χ2v) is 3.62. The zero-order chi connectivity index (χ0) is 11.4. The van der Waals surface area contributed by atoms with Gasteiger partial charge in [-0.15, -0.1) is 0 Å². The van der Waals surface area contributed by atoms with E-state index in [0.717, 1.165) is 23.3 Å². The minimum atomic E-state index is -0.205. The van der Waals surface area contributed by atoms with Gasteiger partial charge in [0.15, 0.2) is 0 Å². The highest BCUT2D eigenvalue weighted by Gasteiger charge is 2.02. The summed E-state index contributed by atoms with van der Waals surface area (Å²) in [6.07, 6.45) is 0.754.